The molecule has 1 atom stereocenters. The Morgan fingerprint density at radius 2 is 2.08 bits per heavy atom. The van der Waals surface area contributed by atoms with Crippen molar-refractivity contribution in [1.82, 2.24) is 0 Å². The van der Waals surface area contributed by atoms with Crippen LogP contribution in [0.2, 0.25) is 0 Å². The van der Waals surface area contributed by atoms with Gasteiger partial charge < -0.3 is 5.11 Å². The minimum absolute atomic E-state index is 0.0573. The maximum Gasteiger partial charge on any atom is 0.336 e. The lowest BCUT2D eigenvalue weighted by Gasteiger charge is -2.04. The van der Waals surface area contributed by atoms with E-state index in [1.807, 2.05) is 6.92 Å². The number of hydrogen-bond donors (Lipinski definition) is 1. The van der Waals surface area contributed by atoms with Crippen LogP contribution in [0.5, 0.6) is 0 Å². The Bertz CT molecular complexity index is 277. The van der Waals surface area contributed by atoms with Gasteiger partial charge in [0.1, 0.15) is 0 Å². The van der Waals surface area contributed by atoms with Crippen molar-refractivity contribution in [3.63, 3.8) is 0 Å². The van der Waals surface area contributed by atoms with Crippen LogP contribution in [-0.2, 0) is 9.59 Å². The van der Waals surface area contributed by atoms with Crippen LogP contribution >= 0.6 is 9.24 Å². The summed E-state index contributed by atoms with van der Waals surface area (Å²) in [5, 5.41) is 9.46. The molecule has 0 aromatic rings. The van der Waals surface area contributed by atoms with Crippen molar-refractivity contribution in [3.05, 3.63) is 22.5 Å². The number of rotatable bonds is 4. The predicted octanol–water partition coefficient (Wildman–Crippen LogP) is 1.76. The summed E-state index contributed by atoms with van der Waals surface area (Å²) in [5.41, 5.74) is 0.310. The Morgan fingerprint density at radius 3 is 2.31 bits per heavy atom. The van der Waals surface area contributed by atoms with Crippen molar-refractivity contribution in [1.29, 1.82) is 0 Å². The van der Waals surface area contributed by atoms with Gasteiger partial charge in [0, 0.05) is 5.57 Å². The molecule has 0 radical (unpaired) electrons. The van der Waals surface area contributed by atoms with Gasteiger partial charge in [-0.25, -0.2) is 4.79 Å². The molecule has 0 aliphatic carbocycles. The molecule has 4 heteroatoms. The van der Waals surface area contributed by atoms with Crippen LogP contribution in [0.15, 0.2) is 22.5 Å². The van der Waals surface area contributed by atoms with Gasteiger partial charge in [-0.05, 0) is 18.7 Å². The molecule has 0 aliphatic heterocycles. The van der Waals surface area contributed by atoms with E-state index in [1.54, 1.807) is 6.92 Å². The van der Waals surface area contributed by atoms with Crippen molar-refractivity contribution >= 4 is 21.5 Å². The summed E-state index contributed by atoms with van der Waals surface area (Å²) in [6.07, 6.45) is 2.64. The number of carboxylic acids is 1. The van der Waals surface area contributed by atoms with Gasteiger partial charge in [0.05, 0.1) is 5.57 Å². The molecule has 0 rings (SSSR count). The summed E-state index contributed by atoms with van der Waals surface area (Å²) in [4.78, 5) is 21.3. The van der Waals surface area contributed by atoms with Crippen LogP contribution < -0.4 is 0 Å². The number of carbonyl (C=O) groups excluding carboxylic acids is 1. The Balaban J connectivity index is 5.20. The van der Waals surface area contributed by atoms with Crippen LogP contribution in [0.4, 0.5) is 0 Å². The molecule has 0 bridgehead atoms. The van der Waals surface area contributed by atoms with Gasteiger partial charge in [-0.2, -0.15) is 0 Å². The molecule has 0 aromatic heterocycles. The lowest BCUT2D eigenvalue weighted by atomic mass is 10.1. The Hall–Kier alpha value is -0.950. The normalized spacial score (nSPS) is 13.6. The van der Waals surface area contributed by atoms with Crippen LogP contribution in [0.3, 0.4) is 0 Å². The molecule has 0 spiro atoms. The predicted molar refractivity (Wildman–Crippen MR) is 54.5 cm³/mol. The third-order valence-electron chi connectivity index (χ3n) is 1.65. The smallest absolute Gasteiger partial charge is 0.336 e. The number of aliphatic carboxylic acids is 1. The van der Waals surface area contributed by atoms with Crippen LogP contribution in [0, 0.1) is 0 Å². The zero-order valence-electron chi connectivity index (χ0n) is 7.70. The van der Waals surface area contributed by atoms with E-state index in [1.165, 1.54) is 6.08 Å². The highest BCUT2D eigenvalue weighted by Gasteiger charge is 2.13. The monoisotopic (exact) mass is 200 g/mol. The number of carbonyl (C=O) groups is 2. The van der Waals surface area contributed by atoms with Gasteiger partial charge in [-0.15, -0.1) is 9.24 Å². The fourth-order valence-electron chi connectivity index (χ4n) is 0.897. The maximum atomic E-state index is 10.7. The fraction of sp³-hybridized carbons (Fsp3) is 0.333. The number of aldehydes is 1. The molecule has 0 heterocycles. The molecule has 0 saturated heterocycles. The summed E-state index contributed by atoms with van der Waals surface area (Å²) in [5.74, 6) is -1.07. The van der Waals surface area contributed by atoms with Crippen molar-refractivity contribution in [2.24, 2.45) is 0 Å². The zero-order valence-corrected chi connectivity index (χ0v) is 8.86. The lowest BCUT2D eigenvalue weighted by Crippen LogP contribution is -2.05. The highest BCUT2D eigenvalue weighted by atomic mass is 31.0. The van der Waals surface area contributed by atoms with Crippen molar-refractivity contribution in [3.8, 4) is 0 Å². The first-order valence-corrected chi connectivity index (χ1v) is 4.49. The van der Waals surface area contributed by atoms with Crippen LogP contribution in [-0.4, -0.2) is 17.4 Å². The molecule has 3 nitrogen and oxygen atoms in total. The molecular weight excluding hydrogens is 187 g/mol. The quantitative estimate of drug-likeness (QED) is 0.325. The van der Waals surface area contributed by atoms with Gasteiger partial charge in [0.15, 0.2) is 6.29 Å². The highest BCUT2D eigenvalue weighted by molar-refractivity contribution is 7.22. The van der Waals surface area contributed by atoms with Gasteiger partial charge in [0.2, 0.25) is 0 Å². The van der Waals surface area contributed by atoms with Gasteiger partial charge in [-0.3, -0.25) is 4.79 Å². The molecule has 13 heavy (non-hydrogen) atoms. The molecular formula is C9H13O3P. The Labute approximate surface area is 79.7 Å². The topological polar surface area (TPSA) is 54.4 Å². The molecule has 1 N–H and O–H groups in total. The molecule has 0 amide bonds. The minimum Gasteiger partial charge on any atom is -0.478 e. The minimum atomic E-state index is -1.07. The van der Waals surface area contributed by atoms with E-state index < -0.39 is 5.97 Å². The second-order valence-electron chi connectivity index (χ2n) is 2.42. The molecule has 0 saturated carbocycles. The molecule has 0 aromatic carbocycles. The summed E-state index contributed by atoms with van der Waals surface area (Å²) in [6, 6.07) is 0. The van der Waals surface area contributed by atoms with E-state index in [0.717, 1.165) is 0 Å². The summed E-state index contributed by atoms with van der Waals surface area (Å²) in [6.45, 7) is 3.46. The highest BCUT2D eigenvalue weighted by Crippen LogP contribution is 2.21. The second kappa shape index (κ2) is 5.65. The van der Waals surface area contributed by atoms with Crippen molar-refractivity contribution < 1.29 is 14.7 Å². The van der Waals surface area contributed by atoms with E-state index >= 15 is 0 Å². The average Bonchev–Trinajstić information content (AvgIpc) is 2.12. The number of carboxylic acid groups (broad SMARTS) is 1. The first kappa shape index (κ1) is 12.0. The Morgan fingerprint density at radius 1 is 1.54 bits per heavy atom. The van der Waals surface area contributed by atoms with Crippen LogP contribution in [0.1, 0.15) is 20.3 Å². The summed E-state index contributed by atoms with van der Waals surface area (Å²) in [7, 11) is 2.38. The van der Waals surface area contributed by atoms with Crippen molar-refractivity contribution in [2.75, 3.05) is 0 Å². The largest absolute Gasteiger partial charge is 0.478 e. The summed E-state index contributed by atoms with van der Waals surface area (Å²) < 4.78 is 0. The lowest BCUT2D eigenvalue weighted by molar-refractivity contribution is -0.132. The third kappa shape index (κ3) is 3.11. The summed E-state index contributed by atoms with van der Waals surface area (Å²) >= 11 is 0. The molecule has 0 aliphatic rings. The van der Waals surface area contributed by atoms with E-state index in [2.05, 4.69) is 9.24 Å². The number of allylic oxidation sites excluding steroid dienone is 2. The maximum absolute atomic E-state index is 10.7. The van der Waals surface area contributed by atoms with Crippen LogP contribution in [0.25, 0.3) is 0 Å². The first-order valence-electron chi connectivity index (χ1n) is 3.92. The third-order valence-corrected chi connectivity index (χ3v) is 2.37. The van der Waals surface area contributed by atoms with Crippen molar-refractivity contribution in [2.45, 2.75) is 20.3 Å². The van der Waals surface area contributed by atoms with Gasteiger partial charge >= 0.3 is 5.97 Å². The molecule has 0 fully saturated rings. The second-order valence-corrected chi connectivity index (χ2v) is 3.11. The fourth-order valence-corrected chi connectivity index (χ4v) is 1.12. The van der Waals surface area contributed by atoms with Gasteiger partial charge in [-0.1, -0.05) is 13.0 Å². The Kier molecular flexibility index (Phi) is 5.24. The average molecular weight is 200 g/mol. The SMILES string of the molecule is C/C=C(C(=O)O)\C(C=O)=C(\P)CC. The zero-order chi connectivity index (χ0) is 10.4. The van der Waals surface area contributed by atoms with E-state index in [0.29, 0.717) is 18.0 Å². The number of hydrogen-bond acceptors (Lipinski definition) is 2. The standard InChI is InChI=1S/C9H13O3P/c1-3-6(9(11)12)7(5-10)8(13)4-2/h3,5H,4,13H2,1-2H3,(H,11,12)/b6-3+,8-7+. The first-order chi connectivity index (χ1) is 6.08. The van der Waals surface area contributed by atoms with Gasteiger partial charge in [0.25, 0.3) is 0 Å². The van der Waals surface area contributed by atoms with E-state index in [4.69, 9.17) is 5.11 Å². The molecule has 72 valence electrons. The molecule has 1 unspecified atom stereocenters. The van der Waals surface area contributed by atoms with E-state index in [9.17, 15) is 9.59 Å². The van der Waals surface area contributed by atoms with E-state index in [-0.39, 0.29) is 11.1 Å².